The highest BCUT2D eigenvalue weighted by atomic mass is 31.2. The molecule has 7 heteroatoms. The van der Waals surface area contributed by atoms with Crippen molar-refractivity contribution in [2.24, 2.45) is 4.91 Å². The van der Waals surface area contributed by atoms with Crippen molar-refractivity contribution < 1.29 is 4.62 Å². The van der Waals surface area contributed by atoms with Gasteiger partial charge in [0, 0.05) is 9.47 Å². The molecule has 0 aromatic heterocycles. The SMILES string of the molecule is CN(C)P(=NOP)(N(C)C)N(C)C. The summed E-state index contributed by atoms with van der Waals surface area (Å²) in [5.74, 6) is 0. The summed E-state index contributed by atoms with van der Waals surface area (Å²) in [7, 11) is 12.3. The summed E-state index contributed by atoms with van der Waals surface area (Å²) in [4.78, 5) is 4.21. The summed E-state index contributed by atoms with van der Waals surface area (Å²) in [6.45, 7) is 0. The molecule has 0 bridgehead atoms. The average Bonchev–Trinajstić information content (AvgIpc) is 1.97. The maximum Gasteiger partial charge on any atom is 0.197 e. The van der Waals surface area contributed by atoms with E-state index < -0.39 is 7.51 Å². The third-order valence-electron chi connectivity index (χ3n) is 1.77. The second-order valence-electron chi connectivity index (χ2n) is 3.27. The molecule has 0 saturated heterocycles. The molecule has 0 aliphatic heterocycles. The molecule has 0 N–H and O–H groups in total. The third-order valence-corrected chi connectivity index (χ3v) is 5.58. The Balaban J connectivity index is 5.20. The molecule has 0 heterocycles. The minimum Gasteiger partial charge on any atom is -0.250 e. The Morgan fingerprint density at radius 2 is 1.23 bits per heavy atom. The minimum atomic E-state index is -1.83. The molecule has 80 valence electrons. The van der Waals surface area contributed by atoms with E-state index in [2.05, 4.69) is 28.4 Å². The zero-order valence-corrected chi connectivity index (χ0v) is 11.3. The van der Waals surface area contributed by atoms with Crippen LogP contribution < -0.4 is 0 Å². The second kappa shape index (κ2) is 5.40. The Morgan fingerprint density at radius 3 is 1.31 bits per heavy atom. The smallest absolute Gasteiger partial charge is 0.197 e. The van der Waals surface area contributed by atoms with E-state index in [1.54, 1.807) is 0 Å². The predicted octanol–water partition coefficient (Wildman–Crippen LogP) is 1.34. The molecule has 0 fully saturated rings. The molecular weight excluding hydrogens is 206 g/mol. The van der Waals surface area contributed by atoms with Crippen molar-refractivity contribution in [2.75, 3.05) is 42.3 Å². The Hall–Kier alpha value is 0.500. The Kier molecular flexibility index (Phi) is 5.61. The number of hydrogen-bond acceptors (Lipinski definition) is 2. The molecule has 0 saturated carbocycles. The first kappa shape index (κ1) is 13.5. The first-order valence-electron chi connectivity index (χ1n) is 3.90. The Bertz CT molecular complexity index is 176. The highest BCUT2D eigenvalue weighted by molar-refractivity contribution is 7.58. The van der Waals surface area contributed by atoms with Crippen molar-refractivity contribution in [1.82, 2.24) is 14.0 Å². The molecule has 1 unspecified atom stereocenters. The van der Waals surface area contributed by atoms with E-state index in [1.165, 1.54) is 0 Å². The highest BCUT2D eigenvalue weighted by Crippen LogP contribution is 2.54. The first-order chi connectivity index (χ1) is 5.89. The number of hydrogen-bond donors (Lipinski definition) is 0. The molecule has 13 heavy (non-hydrogen) atoms. The molecule has 0 aromatic carbocycles. The lowest BCUT2D eigenvalue weighted by molar-refractivity contribution is 0.370. The highest BCUT2D eigenvalue weighted by Gasteiger charge is 2.28. The fraction of sp³-hybridized carbons (Fsp3) is 1.00. The van der Waals surface area contributed by atoms with Crippen molar-refractivity contribution in [3.63, 3.8) is 0 Å². The molecule has 0 amide bonds. The maximum atomic E-state index is 4.86. The third kappa shape index (κ3) is 2.72. The van der Waals surface area contributed by atoms with Gasteiger partial charge in [-0.25, -0.2) is 4.62 Å². The second-order valence-corrected chi connectivity index (χ2v) is 7.11. The summed E-state index contributed by atoms with van der Waals surface area (Å²) in [5.41, 5.74) is 0. The minimum absolute atomic E-state index is 1.83. The maximum absolute atomic E-state index is 4.86. The Morgan fingerprint density at radius 1 is 0.923 bits per heavy atom. The van der Waals surface area contributed by atoms with Crippen molar-refractivity contribution in [3.05, 3.63) is 0 Å². The van der Waals surface area contributed by atoms with Gasteiger partial charge in [0.25, 0.3) is 0 Å². The van der Waals surface area contributed by atoms with Gasteiger partial charge in [-0.15, -0.1) is 4.91 Å². The van der Waals surface area contributed by atoms with Crippen LogP contribution in [-0.4, -0.2) is 56.3 Å². The van der Waals surface area contributed by atoms with Crippen molar-refractivity contribution in [1.29, 1.82) is 0 Å². The summed E-state index contributed by atoms with van der Waals surface area (Å²) >= 11 is 0. The van der Waals surface area contributed by atoms with Crippen LogP contribution in [0.5, 0.6) is 0 Å². The van der Waals surface area contributed by atoms with Gasteiger partial charge in [0.1, 0.15) is 0 Å². The Labute approximate surface area is 83.5 Å². The summed E-state index contributed by atoms with van der Waals surface area (Å²) in [5, 5.41) is 0. The monoisotopic (exact) mass is 226 g/mol. The van der Waals surface area contributed by atoms with E-state index >= 15 is 0 Å². The van der Waals surface area contributed by atoms with E-state index in [-0.39, 0.29) is 0 Å². The fourth-order valence-corrected chi connectivity index (χ4v) is 4.45. The molecule has 0 aliphatic carbocycles. The summed E-state index contributed by atoms with van der Waals surface area (Å²) in [6.07, 6.45) is 0. The van der Waals surface area contributed by atoms with Gasteiger partial charge >= 0.3 is 0 Å². The normalized spacial score (nSPS) is 13.1. The molecule has 0 aromatic rings. The number of nitrogens with zero attached hydrogens (tertiary/aromatic N) is 4. The van der Waals surface area contributed by atoms with E-state index in [0.29, 0.717) is 0 Å². The van der Waals surface area contributed by atoms with Gasteiger partial charge in [0.15, 0.2) is 7.51 Å². The van der Waals surface area contributed by atoms with Crippen LogP contribution in [0.3, 0.4) is 0 Å². The van der Waals surface area contributed by atoms with Gasteiger partial charge in [-0.05, 0) is 42.3 Å². The van der Waals surface area contributed by atoms with Gasteiger partial charge in [0.2, 0.25) is 0 Å². The predicted molar refractivity (Wildman–Crippen MR) is 61.2 cm³/mol. The molecule has 0 aliphatic rings. The van der Waals surface area contributed by atoms with Gasteiger partial charge in [0.05, 0.1) is 0 Å². The molecule has 0 radical (unpaired) electrons. The molecular formula is C6H20N4OP2. The van der Waals surface area contributed by atoms with Gasteiger partial charge in [-0.2, -0.15) is 0 Å². The molecule has 1 atom stereocenters. The lowest BCUT2D eigenvalue weighted by Gasteiger charge is -2.39. The van der Waals surface area contributed by atoms with Gasteiger partial charge in [-0.3, -0.25) is 14.0 Å². The topological polar surface area (TPSA) is 31.3 Å². The van der Waals surface area contributed by atoms with Crippen molar-refractivity contribution in [3.8, 4) is 0 Å². The van der Waals surface area contributed by atoms with Gasteiger partial charge in [-0.1, -0.05) is 0 Å². The van der Waals surface area contributed by atoms with E-state index in [4.69, 9.17) is 4.62 Å². The number of rotatable bonds is 4. The van der Waals surface area contributed by atoms with Crippen LogP contribution in [0.25, 0.3) is 0 Å². The van der Waals surface area contributed by atoms with Crippen LogP contribution in [0.4, 0.5) is 0 Å². The van der Waals surface area contributed by atoms with Gasteiger partial charge < -0.3 is 0 Å². The van der Waals surface area contributed by atoms with E-state index in [1.807, 2.05) is 42.3 Å². The van der Waals surface area contributed by atoms with Crippen LogP contribution in [0.2, 0.25) is 0 Å². The first-order valence-corrected chi connectivity index (χ1v) is 5.97. The summed E-state index contributed by atoms with van der Waals surface area (Å²) < 4.78 is 11.1. The lowest BCUT2D eigenvalue weighted by Crippen LogP contribution is -2.30. The fourth-order valence-electron chi connectivity index (χ4n) is 1.36. The quantitative estimate of drug-likeness (QED) is 0.534. The van der Waals surface area contributed by atoms with Crippen molar-refractivity contribution in [2.45, 2.75) is 0 Å². The van der Waals surface area contributed by atoms with E-state index in [0.717, 1.165) is 0 Å². The zero-order chi connectivity index (χ0) is 10.6. The lowest BCUT2D eigenvalue weighted by atomic mass is 11.2. The van der Waals surface area contributed by atoms with Crippen LogP contribution in [0.15, 0.2) is 4.91 Å². The van der Waals surface area contributed by atoms with E-state index in [9.17, 15) is 0 Å². The molecule has 0 spiro atoms. The van der Waals surface area contributed by atoms with Crippen LogP contribution >= 0.6 is 17.0 Å². The molecule has 0 rings (SSSR count). The summed E-state index contributed by atoms with van der Waals surface area (Å²) in [6, 6.07) is 0. The van der Waals surface area contributed by atoms with Crippen LogP contribution in [0, 0.1) is 0 Å². The van der Waals surface area contributed by atoms with Crippen molar-refractivity contribution >= 4 is 17.0 Å². The van der Waals surface area contributed by atoms with Crippen LogP contribution in [-0.2, 0) is 4.62 Å². The van der Waals surface area contributed by atoms with Crippen LogP contribution in [0.1, 0.15) is 0 Å². The molecule has 5 nitrogen and oxygen atoms in total. The largest absolute Gasteiger partial charge is 0.250 e. The average molecular weight is 226 g/mol. The standard InChI is InChI=1S/C6H20N4OP2/c1-8(2)13(7-11-12,9(3)4)10(5)6/h12H2,1-6H3. The zero-order valence-electron chi connectivity index (χ0n) is 9.22.